The highest BCUT2D eigenvalue weighted by Crippen LogP contribution is 2.28. The van der Waals surface area contributed by atoms with Crippen LogP contribution in [0, 0.1) is 5.92 Å². The Morgan fingerprint density at radius 3 is 3.00 bits per heavy atom. The first-order chi connectivity index (χ1) is 11.3. The summed E-state index contributed by atoms with van der Waals surface area (Å²) in [4.78, 5) is 10.7. The molecule has 2 aromatic heterocycles. The van der Waals surface area contributed by atoms with Crippen molar-refractivity contribution in [2.75, 3.05) is 24.6 Å². The Morgan fingerprint density at radius 2 is 2.13 bits per heavy atom. The SMILES string of the molecule is Clc1ccc2oc(N3CCC(COc4ccncc4)C3)nc2c1. The third-order valence-electron chi connectivity index (χ3n) is 4.03. The van der Waals surface area contributed by atoms with Gasteiger partial charge in [-0.1, -0.05) is 11.6 Å². The molecule has 1 atom stereocenters. The third kappa shape index (κ3) is 3.10. The van der Waals surface area contributed by atoms with Crippen LogP contribution in [0.2, 0.25) is 5.02 Å². The Morgan fingerprint density at radius 1 is 1.26 bits per heavy atom. The Kier molecular flexibility index (Phi) is 3.79. The van der Waals surface area contributed by atoms with E-state index in [1.807, 2.05) is 30.3 Å². The lowest BCUT2D eigenvalue weighted by Gasteiger charge is -2.14. The number of halogens is 1. The summed E-state index contributed by atoms with van der Waals surface area (Å²) < 4.78 is 11.6. The number of fused-ring (bicyclic) bond motifs is 1. The Bertz CT molecular complexity index is 806. The first-order valence-corrected chi connectivity index (χ1v) is 7.99. The van der Waals surface area contributed by atoms with Crippen LogP contribution in [0.25, 0.3) is 11.1 Å². The van der Waals surface area contributed by atoms with E-state index in [9.17, 15) is 0 Å². The van der Waals surface area contributed by atoms with Gasteiger partial charge in [-0.05, 0) is 36.8 Å². The number of ether oxygens (including phenoxy) is 1. The second-order valence-corrected chi connectivity index (χ2v) is 6.14. The molecule has 1 aliphatic rings. The maximum absolute atomic E-state index is 5.99. The van der Waals surface area contributed by atoms with Gasteiger partial charge in [-0.25, -0.2) is 0 Å². The van der Waals surface area contributed by atoms with Gasteiger partial charge in [0.05, 0.1) is 6.61 Å². The fraction of sp³-hybridized carbons (Fsp3) is 0.294. The fourth-order valence-electron chi connectivity index (χ4n) is 2.81. The zero-order valence-corrected chi connectivity index (χ0v) is 13.2. The Balaban J connectivity index is 1.41. The van der Waals surface area contributed by atoms with Crippen LogP contribution in [-0.2, 0) is 0 Å². The Hall–Kier alpha value is -2.27. The van der Waals surface area contributed by atoms with Crippen LogP contribution in [0.5, 0.6) is 5.75 Å². The fourth-order valence-corrected chi connectivity index (χ4v) is 2.98. The van der Waals surface area contributed by atoms with Crippen LogP contribution < -0.4 is 9.64 Å². The van der Waals surface area contributed by atoms with Crippen molar-refractivity contribution < 1.29 is 9.15 Å². The summed E-state index contributed by atoms with van der Waals surface area (Å²) in [6.45, 7) is 2.49. The molecule has 0 radical (unpaired) electrons. The van der Waals surface area contributed by atoms with Crippen molar-refractivity contribution in [1.82, 2.24) is 9.97 Å². The van der Waals surface area contributed by atoms with Crippen LogP contribution in [-0.4, -0.2) is 29.7 Å². The van der Waals surface area contributed by atoms with Crippen molar-refractivity contribution in [1.29, 1.82) is 0 Å². The second kappa shape index (κ2) is 6.08. The van der Waals surface area contributed by atoms with Crippen molar-refractivity contribution in [3.8, 4) is 5.75 Å². The van der Waals surface area contributed by atoms with Gasteiger partial charge in [0.2, 0.25) is 0 Å². The number of rotatable bonds is 4. The first kappa shape index (κ1) is 14.3. The van der Waals surface area contributed by atoms with Gasteiger partial charge in [0.25, 0.3) is 6.01 Å². The van der Waals surface area contributed by atoms with E-state index < -0.39 is 0 Å². The number of oxazole rings is 1. The first-order valence-electron chi connectivity index (χ1n) is 7.62. The smallest absolute Gasteiger partial charge is 0.298 e. The van der Waals surface area contributed by atoms with E-state index in [-0.39, 0.29) is 0 Å². The molecule has 118 valence electrons. The van der Waals surface area contributed by atoms with Gasteiger partial charge in [0, 0.05) is 36.4 Å². The van der Waals surface area contributed by atoms with Crippen molar-refractivity contribution >= 4 is 28.7 Å². The molecule has 0 amide bonds. The normalized spacial score (nSPS) is 17.8. The van der Waals surface area contributed by atoms with Crippen LogP contribution in [0.4, 0.5) is 6.01 Å². The minimum Gasteiger partial charge on any atom is -0.493 e. The summed E-state index contributed by atoms with van der Waals surface area (Å²) in [7, 11) is 0. The van der Waals surface area contributed by atoms with Gasteiger partial charge in [-0.3, -0.25) is 4.98 Å². The molecule has 4 rings (SSSR count). The summed E-state index contributed by atoms with van der Waals surface area (Å²) in [6, 6.07) is 9.90. The molecule has 6 heteroatoms. The van der Waals surface area contributed by atoms with Gasteiger partial charge in [0.15, 0.2) is 5.58 Å². The average molecular weight is 330 g/mol. The maximum atomic E-state index is 5.99. The van der Waals surface area contributed by atoms with E-state index in [0.717, 1.165) is 36.4 Å². The second-order valence-electron chi connectivity index (χ2n) is 5.70. The molecule has 3 aromatic rings. The molecule has 1 aliphatic heterocycles. The zero-order valence-electron chi connectivity index (χ0n) is 12.5. The van der Waals surface area contributed by atoms with E-state index in [2.05, 4.69) is 14.9 Å². The predicted octanol–water partition coefficient (Wildman–Crippen LogP) is 3.78. The van der Waals surface area contributed by atoms with Crippen molar-refractivity contribution in [2.45, 2.75) is 6.42 Å². The van der Waals surface area contributed by atoms with Crippen molar-refractivity contribution in [3.63, 3.8) is 0 Å². The highest BCUT2D eigenvalue weighted by atomic mass is 35.5. The minimum absolute atomic E-state index is 0.460. The molecule has 0 saturated carbocycles. The molecule has 0 bridgehead atoms. The molecule has 0 spiro atoms. The van der Waals surface area contributed by atoms with Crippen molar-refractivity contribution in [3.05, 3.63) is 47.7 Å². The number of hydrogen-bond acceptors (Lipinski definition) is 5. The molecule has 0 N–H and O–H groups in total. The number of aromatic nitrogens is 2. The Labute approximate surface area is 138 Å². The van der Waals surface area contributed by atoms with Crippen LogP contribution in [0.3, 0.4) is 0 Å². The molecule has 1 aromatic carbocycles. The lowest BCUT2D eigenvalue weighted by molar-refractivity contribution is 0.260. The van der Waals surface area contributed by atoms with E-state index >= 15 is 0 Å². The number of benzene rings is 1. The van der Waals surface area contributed by atoms with Gasteiger partial charge >= 0.3 is 0 Å². The lowest BCUT2D eigenvalue weighted by atomic mass is 10.1. The van der Waals surface area contributed by atoms with Crippen LogP contribution >= 0.6 is 11.6 Å². The van der Waals surface area contributed by atoms with Crippen LogP contribution in [0.1, 0.15) is 6.42 Å². The summed E-state index contributed by atoms with van der Waals surface area (Å²) in [5.74, 6) is 1.32. The molecule has 3 heterocycles. The minimum atomic E-state index is 0.460. The molecule has 0 aliphatic carbocycles. The standard InChI is InChI=1S/C17H16ClN3O2/c18-13-1-2-16-15(9-13)20-17(23-16)21-8-5-12(10-21)11-22-14-3-6-19-7-4-14/h1-4,6-7,9,12H,5,8,10-11H2. The molecule has 23 heavy (non-hydrogen) atoms. The molecular weight excluding hydrogens is 314 g/mol. The predicted molar refractivity (Wildman–Crippen MR) is 89.1 cm³/mol. The lowest BCUT2D eigenvalue weighted by Crippen LogP contribution is -2.22. The average Bonchev–Trinajstić information content (AvgIpc) is 3.20. The summed E-state index contributed by atoms with van der Waals surface area (Å²) in [6.07, 6.45) is 4.53. The van der Waals surface area contributed by atoms with E-state index in [1.165, 1.54) is 0 Å². The van der Waals surface area contributed by atoms with E-state index in [4.69, 9.17) is 20.8 Å². The van der Waals surface area contributed by atoms with E-state index in [0.29, 0.717) is 23.6 Å². The van der Waals surface area contributed by atoms with Crippen LogP contribution in [0.15, 0.2) is 47.1 Å². The molecule has 1 unspecified atom stereocenters. The van der Waals surface area contributed by atoms with Crippen molar-refractivity contribution in [2.24, 2.45) is 5.92 Å². The van der Waals surface area contributed by atoms with Gasteiger partial charge in [0.1, 0.15) is 11.3 Å². The molecule has 1 saturated heterocycles. The third-order valence-corrected chi connectivity index (χ3v) is 4.27. The quantitative estimate of drug-likeness (QED) is 0.729. The van der Waals surface area contributed by atoms with Gasteiger partial charge in [-0.15, -0.1) is 0 Å². The van der Waals surface area contributed by atoms with Gasteiger partial charge in [-0.2, -0.15) is 4.98 Å². The number of anilines is 1. The van der Waals surface area contributed by atoms with Gasteiger partial charge < -0.3 is 14.1 Å². The number of hydrogen-bond donors (Lipinski definition) is 0. The zero-order chi connectivity index (χ0) is 15.6. The summed E-state index contributed by atoms with van der Waals surface area (Å²) >= 11 is 5.99. The topological polar surface area (TPSA) is 51.4 Å². The molecule has 1 fully saturated rings. The highest BCUT2D eigenvalue weighted by molar-refractivity contribution is 6.31. The molecule has 5 nitrogen and oxygen atoms in total. The maximum Gasteiger partial charge on any atom is 0.298 e. The van der Waals surface area contributed by atoms with E-state index in [1.54, 1.807) is 12.4 Å². The summed E-state index contributed by atoms with van der Waals surface area (Å²) in [5, 5.41) is 0.669. The highest BCUT2D eigenvalue weighted by Gasteiger charge is 2.26. The number of nitrogens with zero attached hydrogens (tertiary/aromatic N) is 3. The monoisotopic (exact) mass is 329 g/mol. The summed E-state index contributed by atoms with van der Waals surface area (Å²) in [5.41, 5.74) is 1.56. The number of pyridine rings is 1. The molecular formula is C17H16ClN3O2. The largest absolute Gasteiger partial charge is 0.493 e.